The zero-order valence-electron chi connectivity index (χ0n) is 13.0. The molecule has 0 aliphatic carbocycles. The summed E-state index contributed by atoms with van der Waals surface area (Å²) in [6.07, 6.45) is 4.16. The molecule has 0 aliphatic rings. The van der Waals surface area contributed by atoms with Crippen molar-refractivity contribution in [3.8, 4) is 11.3 Å². The molecule has 3 rings (SSSR count). The molecule has 0 fully saturated rings. The van der Waals surface area contributed by atoms with Gasteiger partial charge in [-0.05, 0) is 38.1 Å². The molecule has 118 valence electrons. The van der Waals surface area contributed by atoms with E-state index in [4.69, 9.17) is 0 Å². The lowest BCUT2D eigenvalue weighted by molar-refractivity contribution is 0.112. The van der Waals surface area contributed by atoms with Crippen LogP contribution in [0.25, 0.3) is 16.8 Å². The Bertz CT molecular complexity index is 838. The van der Waals surface area contributed by atoms with Gasteiger partial charge in [0, 0.05) is 31.0 Å². The van der Waals surface area contributed by atoms with Crippen LogP contribution in [0.2, 0.25) is 0 Å². The van der Waals surface area contributed by atoms with Gasteiger partial charge in [-0.1, -0.05) is 0 Å². The molecule has 2 heterocycles. The van der Waals surface area contributed by atoms with Gasteiger partial charge in [0.05, 0.1) is 5.56 Å². The molecule has 0 saturated heterocycles. The van der Waals surface area contributed by atoms with E-state index < -0.39 is 0 Å². The molecule has 0 spiro atoms. The van der Waals surface area contributed by atoms with Crippen LogP contribution in [0.4, 0.5) is 10.2 Å². The van der Waals surface area contributed by atoms with Crippen LogP contribution in [0.1, 0.15) is 24.2 Å². The first-order chi connectivity index (χ1) is 11.2. The van der Waals surface area contributed by atoms with Gasteiger partial charge in [0.1, 0.15) is 17.0 Å². The molecule has 0 atom stereocenters. The Hall–Kier alpha value is -2.76. The Kier molecular flexibility index (Phi) is 4.06. The van der Waals surface area contributed by atoms with Crippen LogP contribution in [0.5, 0.6) is 0 Å². The highest BCUT2D eigenvalue weighted by Crippen LogP contribution is 2.29. The number of nitrogens with zero attached hydrogens (tertiary/aromatic N) is 4. The molecular formula is C17H17FN4O. The van der Waals surface area contributed by atoms with Gasteiger partial charge in [-0.25, -0.2) is 13.9 Å². The minimum atomic E-state index is -0.323. The second kappa shape index (κ2) is 6.16. The van der Waals surface area contributed by atoms with Gasteiger partial charge in [-0.3, -0.25) is 4.79 Å². The van der Waals surface area contributed by atoms with Crippen molar-refractivity contribution >= 4 is 17.6 Å². The number of benzene rings is 1. The molecule has 0 bridgehead atoms. The van der Waals surface area contributed by atoms with Crippen LogP contribution < -0.4 is 4.90 Å². The second-order valence-electron chi connectivity index (χ2n) is 5.10. The van der Waals surface area contributed by atoms with Crippen LogP contribution >= 0.6 is 0 Å². The average molecular weight is 312 g/mol. The highest BCUT2D eigenvalue weighted by atomic mass is 19.1. The normalized spacial score (nSPS) is 10.9. The van der Waals surface area contributed by atoms with Crippen LogP contribution in [-0.4, -0.2) is 34.0 Å². The molecule has 23 heavy (non-hydrogen) atoms. The van der Waals surface area contributed by atoms with Crippen molar-refractivity contribution in [1.82, 2.24) is 14.6 Å². The van der Waals surface area contributed by atoms with Gasteiger partial charge < -0.3 is 4.90 Å². The molecule has 1 aromatic carbocycles. The number of aldehydes is 1. The smallest absolute Gasteiger partial charge is 0.155 e. The van der Waals surface area contributed by atoms with Gasteiger partial charge in [0.2, 0.25) is 0 Å². The molecule has 0 aliphatic heterocycles. The number of aromatic nitrogens is 3. The Morgan fingerprint density at radius 2 is 1.91 bits per heavy atom. The van der Waals surface area contributed by atoms with E-state index in [0.29, 0.717) is 22.3 Å². The highest BCUT2D eigenvalue weighted by Gasteiger charge is 2.19. The summed E-state index contributed by atoms with van der Waals surface area (Å²) in [6, 6.07) is 5.96. The molecule has 6 heteroatoms. The van der Waals surface area contributed by atoms with Gasteiger partial charge >= 0.3 is 0 Å². The fourth-order valence-electron chi connectivity index (χ4n) is 2.69. The number of hydrogen-bond donors (Lipinski definition) is 0. The molecular weight excluding hydrogens is 295 g/mol. The Balaban J connectivity index is 2.27. The SMILES string of the molecule is CCN(CC)c1nccn2nc(-c3ccc(F)cc3)c(C=O)c12. The van der Waals surface area contributed by atoms with E-state index in [1.807, 2.05) is 13.8 Å². The summed E-state index contributed by atoms with van der Waals surface area (Å²) >= 11 is 0. The lowest BCUT2D eigenvalue weighted by atomic mass is 10.1. The van der Waals surface area contributed by atoms with E-state index in [9.17, 15) is 9.18 Å². The van der Waals surface area contributed by atoms with Gasteiger partial charge in [-0.15, -0.1) is 0 Å². The average Bonchev–Trinajstić information content (AvgIpc) is 2.96. The summed E-state index contributed by atoms with van der Waals surface area (Å²) in [5, 5.41) is 4.49. The van der Waals surface area contributed by atoms with Gasteiger partial charge in [0.25, 0.3) is 0 Å². The van der Waals surface area contributed by atoms with Gasteiger partial charge in [-0.2, -0.15) is 5.10 Å². The number of carbonyl (C=O) groups excluding carboxylic acids is 1. The van der Waals surface area contributed by atoms with Crippen molar-refractivity contribution < 1.29 is 9.18 Å². The first-order valence-corrected chi connectivity index (χ1v) is 7.53. The molecule has 0 amide bonds. The summed E-state index contributed by atoms with van der Waals surface area (Å²) < 4.78 is 14.8. The molecule has 0 saturated carbocycles. The number of halogens is 1. The number of rotatable bonds is 5. The standard InChI is InChI=1S/C17H17FN4O/c1-3-21(4-2)17-16-14(11-23)15(20-22(16)10-9-19-17)12-5-7-13(18)8-6-12/h5-11H,3-4H2,1-2H3. The first kappa shape index (κ1) is 15.1. The summed E-state index contributed by atoms with van der Waals surface area (Å²) in [4.78, 5) is 18.2. The van der Waals surface area contributed by atoms with Crippen LogP contribution in [0.3, 0.4) is 0 Å². The maximum atomic E-state index is 13.1. The molecule has 2 aromatic heterocycles. The van der Waals surface area contributed by atoms with Crippen molar-refractivity contribution in [2.24, 2.45) is 0 Å². The minimum Gasteiger partial charge on any atom is -0.355 e. The number of hydrogen-bond acceptors (Lipinski definition) is 4. The van der Waals surface area contributed by atoms with Crippen molar-refractivity contribution in [1.29, 1.82) is 0 Å². The maximum absolute atomic E-state index is 13.1. The third-order valence-corrected chi connectivity index (χ3v) is 3.86. The molecule has 0 unspecified atom stereocenters. The van der Waals surface area contributed by atoms with Gasteiger partial charge in [0.15, 0.2) is 12.1 Å². The van der Waals surface area contributed by atoms with E-state index in [-0.39, 0.29) is 5.82 Å². The zero-order chi connectivity index (χ0) is 16.4. The molecule has 0 radical (unpaired) electrons. The van der Waals surface area contributed by atoms with E-state index in [1.54, 1.807) is 29.0 Å². The van der Waals surface area contributed by atoms with E-state index in [2.05, 4.69) is 15.0 Å². The van der Waals surface area contributed by atoms with Crippen LogP contribution in [0, 0.1) is 5.82 Å². The largest absolute Gasteiger partial charge is 0.355 e. The van der Waals surface area contributed by atoms with E-state index in [1.165, 1.54) is 12.1 Å². The van der Waals surface area contributed by atoms with Crippen molar-refractivity contribution in [2.75, 3.05) is 18.0 Å². The van der Waals surface area contributed by atoms with Crippen LogP contribution in [0.15, 0.2) is 36.7 Å². The Labute approximate surface area is 133 Å². The quantitative estimate of drug-likeness (QED) is 0.679. The Morgan fingerprint density at radius 3 is 2.52 bits per heavy atom. The molecule has 5 nitrogen and oxygen atoms in total. The fourth-order valence-corrected chi connectivity index (χ4v) is 2.69. The summed E-state index contributed by atoms with van der Waals surface area (Å²) in [6.45, 7) is 5.62. The fraction of sp³-hybridized carbons (Fsp3) is 0.235. The third-order valence-electron chi connectivity index (χ3n) is 3.86. The lowest BCUT2D eigenvalue weighted by Crippen LogP contribution is -2.23. The monoisotopic (exact) mass is 312 g/mol. The second-order valence-corrected chi connectivity index (χ2v) is 5.10. The zero-order valence-corrected chi connectivity index (χ0v) is 13.0. The minimum absolute atomic E-state index is 0.323. The number of fused-ring (bicyclic) bond motifs is 1. The van der Waals surface area contributed by atoms with Crippen LogP contribution in [-0.2, 0) is 0 Å². The predicted molar refractivity (Wildman–Crippen MR) is 87.3 cm³/mol. The maximum Gasteiger partial charge on any atom is 0.155 e. The highest BCUT2D eigenvalue weighted by molar-refractivity contribution is 5.98. The van der Waals surface area contributed by atoms with Crippen molar-refractivity contribution in [3.05, 3.63) is 48.0 Å². The summed E-state index contributed by atoms with van der Waals surface area (Å²) in [5.74, 6) is 0.399. The van der Waals surface area contributed by atoms with Crippen molar-refractivity contribution in [3.63, 3.8) is 0 Å². The first-order valence-electron chi connectivity index (χ1n) is 7.53. The van der Waals surface area contributed by atoms with E-state index >= 15 is 0 Å². The molecule has 3 aromatic rings. The Morgan fingerprint density at radius 1 is 1.22 bits per heavy atom. The lowest BCUT2D eigenvalue weighted by Gasteiger charge is -2.20. The van der Waals surface area contributed by atoms with E-state index in [0.717, 1.165) is 25.2 Å². The molecule has 0 N–H and O–H groups in total. The number of anilines is 1. The number of carbonyl (C=O) groups is 1. The summed E-state index contributed by atoms with van der Waals surface area (Å²) in [5.41, 5.74) is 2.36. The topological polar surface area (TPSA) is 50.5 Å². The predicted octanol–water partition coefficient (Wildman–Crippen LogP) is 3.19. The third kappa shape index (κ3) is 2.56. The van der Waals surface area contributed by atoms with Crippen molar-refractivity contribution in [2.45, 2.75) is 13.8 Å². The summed E-state index contributed by atoms with van der Waals surface area (Å²) in [7, 11) is 0.